The number of benzene rings is 2. The molecule has 1 aromatic heterocycles. The summed E-state index contributed by atoms with van der Waals surface area (Å²) in [5.74, 6) is -0.400. The molecule has 9 heteroatoms. The SMILES string of the molecule is Cc1cnn(CCCNC(=O)c2cc(S(=O)(=O)N3CCCc4ccccc43)ccc2Cl)c1. The Bertz CT molecular complexity index is 1240. The van der Waals surface area contributed by atoms with Crippen LogP contribution in [0.25, 0.3) is 0 Å². The first kappa shape index (κ1) is 22.4. The van der Waals surface area contributed by atoms with Gasteiger partial charge in [-0.1, -0.05) is 29.8 Å². The van der Waals surface area contributed by atoms with E-state index in [0.29, 0.717) is 31.7 Å². The van der Waals surface area contributed by atoms with Crippen LogP contribution in [0.5, 0.6) is 0 Å². The second-order valence-corrected chi connectivity index (χ2v) is 10.1. The predicted molar refractivity (Wildman–Crippen MR) is 125 cm³/mol. The van der Waals surface area contributed by atoms with Crippen molar-refractivity contribution in [2.75, 3.05) is 17.4 Å². The first-order valence-electron chi connectivity index (χ1n) is 10.5. The van der Waals surface area contributed by atoms with Crippen LogP contribution in [-0.2, 0) is 23.0 Å². The van der Waals surface area contributed by atoms with Crippen molar-refractivity contribution in [3.05, 3.63) is 76.6 Å². The summed E-state index contributed by atoms with van der Waals surface area (Å²) in [6.45, 7) is 3.46. The molecule has 1 amide bonds. The molecule has 1 N–H and O–H groups in total. The van der Waals surface area contributed by atoms with Crippen molar-refractivity contribution in [1.29, 1.82) is 0 Å². The lowest BCUT2D eigenvalue weighted by atomic mass is 10.0. The molecule has 4 rings (SSSR count). The number of aryl methyl sites for hydroxylation is 3. The fourth-order valence-corrected chi connectivity index (χ4v) is 5.61. The number of rotatable bonds is 7. The van der Waals surface area contributed by atoms with Crippen molar-refractivity contribution in [3.63, 3.8) is 0 Å². The van der Waals surface area contributed by atoms with E-state index in [0.717, 1.165) is 24.0 Å². The van der Waals surface area contributed by atoms with E-state index in [2.05, 4.69) is 10.4 Å². The molecule has 0 bridgehead atoms. The third kappa shape index (κ3) is 4.66. The predicted octanol–water partition coefficient (Wildman–Crippen LogP) is 3.81. The third-order valence-electron chi connectivity index (χ3n) is 5.45. The molecule has 2 heterocycles. The number of amides is 1. The van der Waals surface area contributed by atoms with Gasteiger partial charge >= 0.3 is 0 Å². The Kier molecular flexibility index (Phi) is 6.53. The number of carbonyl (C=O) groups excluding carboxylic acids is 1. The zero-order valence-electron chi connectivity index (χ0n) is 17.8. The number of anilines is 1. The van der Waals surface area contributed by atoms with Gasteiger partial charge in [-0.05, 0) is 61.6 Å². The minimum absolute atomic E-state index is 0.0516. The number of hydrogen-bond donors (Lipinski definition) is 1. The molecule has 2 aromatic carbocycles. The summed E-state index contributed by atoms with van der Waals surface area (Å²) in [4.78, 5) is 12.8. The number of halogens is 1. The van der Waals surface area contributed by atoms with Crippen LogP contribution in [0.15, 0.2) is 59.8 Å². The van der Waals surface area contributed by atoms with Crippen LogP contribution >= 0.6 is 11.6 Å². The second-order valence-electron chi connectivity index (χ2n) is 7.84. The van der Waals surface area contributed by atoms with Gasteiger partial charge in [0, 0.05) is 25.8 Å². The van der Waals surface area contributed by atoms with Gasteiger partial charge in [0.05, 0.1) is 27.4 Å². The Morgan fingerprint density at radius 2 is 2.03 bits per heavy atom. The summed E-state index contributed by atoms with van der Waals surface area (Å²) in [6, 6.07) is 11.8. The van der Waals surface area contributed by atoms with Crippen molar-refractivity contribution in [2.24, 2.45) is 0 Å². The van der Waals surface area contributed by atoms with Crippen LogP contribution in [0.1, 0.15) is 34.3 Å². The van der Waals surface area contributed by atoms with Gasteiger partial charge in [-0.25, -0.2) is 8.42 Å². The molecule has 32 heavy (non-hydrogen) atoms. The van der Waals surface area contributed by atoms with E-state index in [9.17, 15) is 13.2 Å². The first-order valence-corrected chi connectivity index (χ1v) is 12.4. The van der Waals surface area contributed by atoms with Gasteiger partial charge in [0.25, 0.3) is 15.9 Å². The molecule has 0 aliphatic carbocycles. The number of nitrogens with one attached hydrogen (secondary N) is 1. The van der Waals surface area contributed by atoms with Crippen molar-refractivity contribution in [1.82, 2.24) is 15.1 Å². The van der Waals surface area contributed by atoms with Crippen LogP contribution < -0.4 is 9.62 Å². The van der Waals surface area contributed by atoms with Gasteiger partial charge in [0.15, 0.2) is 0 Å². The standard InChI is InChI=1S/C23H25ClN4O3S/c1-17-15-26-27(16-17)12-5-11-25-23(29)20-14-19(9-10-21(20)24)32(30,31)28-13-4-7-18-6-2-3-8-22(18)28/h2-3,6,8-10,14-16H,4-5,7,11-13H2,1H3,(H,25,29). The minimum atomic E-state index is -3.82. The molecule has 3 aromatic rings. The molecule has 1 aliphatic heterocycles. The Morgan fingerprint density at radius 1 is 1.22 bits per heavy atom. The number of hydrogen-bond acceptors (Lipinski definition) is 4. The smallest absolute Gasteiger partial charge is 0.264 e. The van der Waals surface area contributed by atoms with E-state index in [1.165, 1.54) is 22.5 Å². The summed E-state index contributed by atoms with van der Waals surface area (Å²) >= 11 is 6.24. The number of para-hydroxylation sites is 1. The van der Waals surface area contributed by atoms with Crippen LogP contribution in [0.4, 0.5) is 5.69 Å². The third-order valence-corrected chi connectivity index (χ3v) is 7.59. The van der Waals surface area contributed by atoms with Gasteiger partial charge in [0.2, 0.25) is 0 Å². The maximum atomic E-state index is 13.4. The normalized spacial score (nSPS) is 13.6. The number of sulfonamides is 1. The molecular formula is C23H25ClN4O3S. The monoisotopic (exact) mass is 472 g/mol. The maximum Gasteiger partial charge on any atom is 0.264 e. The molecule has 0 radical (unpaired) electrons. The highest BCUT2D eigenvalue weighted by Gasteiger charge is 2.29. The molecule has 168 valence electrons. The summed E-state index contributed by atoms with van der Waals surface area (Å²) in [5.41, 5.74) is 2.92. The van der Waals surface area contributed by atoms with Crippen molar-refractivity contribution in [2.45, 2.75) is 37.6 Å². The average Bonchev–Trinajstić information content (AvgIpc) is 3.21. The zero-order chi connectivity index (χ0) is 22.7. The van der Waals surface area contributed by atoms with Crippen molar-refractivity contribution in [3.8, 4) is 0 Å². The summed E-state index contributed by atoms with van der Waals surface area (Å²) < 4.78 is 30.0. The van der Waals surface area contributed by atoms with Crippen molar-refractivity contribution >= 4 is 33.2 Å². The van der Waals surface area contributed by atoms with Crippen LogP contribution in [-0.4, -0.2) is 37.2 Å². The Hall–Kier alpha value is -2.84. The lowest BCUT2D eigenvalue weighted by Crippen LogP contribution is -2.35. The van der Waals surface area contributed by atoms with Gasteiger partial charge in [-0.2, -0.15) is 5.10 Å². The maximum absolute atomic E-state index is 13.4. The summed E-state index contributed by atoms with van der Waals surface area (Å²) in [7, 11) is -3.82. The lowest BCUT2D eigenvalue weighted by molar-refractivity contribution is 0.0952. The molecule has 0 unspecified atom stereocenters. The van der Waals surface area contributed by atoms with Crippen LogP contribution in [0, 0.1) is 6.92 Å². The fourth-order valence-electron chi connectivity index (χ4n) is 3.84. The Labute approximate surface area is 193 Å². The molecule has 0 atom stereocenters. The molecule has 0 saturated carbocycles. The van der Waals surface area contributed by atoms with Crippen LogP contribution in [0.3, 0.4) is 0 Å². The average molecular weight is 473 g/mol. The highest BCUT2D eigenvalue weighted by Crippen LogP contribution is 2.32. The molecule has 0 saturated heterocycles. The molecule has 1 aliphatic rings. The lowest BCUT2D eigenvalue weighted by Gasteiger charge is -2.30. The molecule has 0 spiro atoms. The summed E-state index contributed by atoms with van der Waals surface area (Å²) in [5, 5.41) is 7.24. The highest BCUT2D eigenvalue weighted by atomic mass is 35.5. The van der Waals surface area contributed by atoms with Gasteiger partial charge in [-0.15, -0.1) is 0 Å². The molecule has 7 nitrogen and oxygen atoms in total. The Balaban J connectivity index is 1.49. The highest BCUT2D eigenvalue weighted by molar-refractivity contribution is 7.92. The van der Waals surface area contributed by atoms with Crippen molar-refractivity contribution < 1.29 is 13.2 Å². The van der Waals surface area contributed by atoms with Crippen LogP contribution in [0.2, 0.25) is 5.02 Å². The Morgan fingerprint density at radius 3 is 2.81 bits per heavy atom. The van der Waals surface area contributed by atoms with E-state index >= 15 is 0 Å². The number of carbonyl (C=O) groups is 1. The quantitative estimate of drug-likeness (QED) is 0.530. The van der Waals surface area contributed by atoms with Gasteiger partial charge in [-0.3, -0.25) is 13.8 Å². The van der Waals surface area contributed by atoms with E-state index in [1.807, 2.05) is 42.1 Å². The van der Waals surface area contributed by atoms with E-state index in [1.54, 1.807) is 6.20 Å². The number of fused-ring (bicyclic) bond motifs is 1. The number of aromatic nitrogens is 2. The first-order chi connectivity index (χ1) is 15.4. The zero-order valence-corrected chi connectivity index (χ0v) is 19.4. The number of nitrogens with zero attached hydrogens (tertiary/aromatic N) is 3. The summed E-state index contributed by atoms with van der Waals surface area (Å²) in [6.07, 6.45) is 5.99. The van der Waals surface area contributed by atoms with Gasteiger partial charge in [0.1, 0.15) is 0 Å². The topological polar surface area (TPSA) is 84.3 Å². The largest absolute Gasteiger partial charge is 0.352 e. The van der Waals surface area contributed by atoms with E-state index in [-0.39, 0.29) is 15.5 Å². The molecular weight excluding hydrogens is 448 g/mol. The van der Waals surface area contributed by atoms with Gasteiger partial charge < -0.3 is 5.32 Å². The fraction of sp³-hybridized carbons (Fsp3) is 0.304. The van der Waals surface area contributed by atoms with E-state index < -0.39 is 15.9 Å². The van der Waals surface area contributed by atoms with E-state index in [4.69, 9.17) is 11.6 Å². The minimum Gasteiger partial charge on any atom is -0.352 e. The second kappa shape index (κ2) is 9.34. The molecule has 0 fully saturated rings.